The van der Waals surface area contributed by atoms with Crippen LogP contribution in [-0.4, -0.2) is 19.0 Å². The van der Waals surface area contributed by atoms with Crippen molar-refractivity contribution in [2.75, 3.05) is 13.1 Å². The molecular formula is C16H22N2O. The van der Waals surface area contributed by atoms with Crippen LogP contribution in [0.3, 0.4) is 0 Å². The van der Waals surface area contributed by atoms with Crippen LogP contribution in [0.1, 0.15) is 42.9 Å². The maximum absolute atomic E-state index is 11.8. The van der Waals surface area contributed by atoms with Gasteiger partial charge in [-0.3, -0.25) is 4.79 Å². The van der Waals surface area contributed by atoms with Gasteiger partial charge in [0.25, 0.3) is 0 Å². The standard InChI is InChI=1S/C16H22N2O/c19-16(8-7-12-5-6-12)18-11-15-14-4-2-1-3-13(14)9-10-17-15/h1-4,12,15,17H,5-11H2,(H,18,19). The van der Waals surface area contributed by atoms with Gasteiger partial charge < -0.3 is 10.6 Å². The van der Waals surface area contributed by atoms with Gasteiger partial charge in [-0.1, -0.05) is 37.1 Å². The van der Waals surface area contributed by atoms with E-state index < -0.39 is 0 Å². The first kappa shape index (κ1) is 12.7. The molecule has 0 aromatic heterocycles. The van der Waals surface area contributed by atoms with E-state index in [0.717, 1.165) is 25.3 Å². The van der Waals surface area contributed by atoms with Crippen LogP contribution in [0, 0.1) is 5.92 Å². The average Bonchev–Trinajstić information content (AvgIpc) is 3.27. The minimum atomic E-state index is 0.205. The van der Waals surface area contributed by atoms with Crippen molar-refractivity contribution >= 4 is 5.91 Å². The number of nitrogens with one attached hydrogen (secondary N) is 2. The Hall–Kier alpha value is -1.35. The van der Waals surface area contributed by atoms with Gasteiger partial charge in [0, 0.05) is 19.0 Å². The van der Waals surface area contributed by atoms with E-state index >= 15 is 0 Å². The molecular weight excluding hydrogens is 236 g/mol. The van der Waals surface area contributed by atoms with Gasteiger partial charge >= 0.3 is 0 Å². The molecule has 0 saturated heterocycles. The van der Waals surface area contributed by atoms with Crippen molar-refractivity contribution in [2.24, 2.45) is 5.92 Å². The zero-order chi connectivity index (χ0) is 13.1. The number of hydrogen-bond donors (Lipinski definition) is 2. The van der Waals surface area contributed by atoms with Gasteiger partial charge in [0.1, 0.15) is 0 Å². The highest BCUT2D eigenvalue weighted by Crippen LogP contribution is 2.33. The van der Waals surface area contributed by atoms with Gasteiger partial charge in [0.05, 0.1) is 0 Å². The maximum atomic E-state index is 11.8. The fraction of sp³-hybridized carbons (Fsp3) is 0.562. The third-order valence-corrected chi connectivity index (χ3v) is 4.20. The first-order chi connectivity index (χ1) is 9.33. The van der Waals surface area contributed by atoms with E-state index in [1.807, 2.05) is 0 Å². The lowest BCUT2D eigenvalue weighted by atomic mass is 9.94. The SMILES string of the molecule is O=C(CCC1CC1)NCC1NCCc2ccccc21. The van der Waals surface area contributed by atoms with E-state index in [-0.39, 0.29) is 11.9 Å². The molecule has 3 nitrogen and oxygen atoms in total. The number of benzene rings is 1. The second-order valence-electron chi connectivity index (χ2n) is 5.74. The summed E-state index contributed by atoms with van der Waals surface area (Å²) in [5, 5.41) is 6.57. The predicted octanol–water partition coefficient (Wildman–Crippen LogP) is 2.18. The summed E-state index contributed by atoms with van der Waals surface area (Å²) < 4.78 is 0. The molecule has 1 atom stereocenters. The molecule has 1 aromatic rings. The summed E-state index contributed by atoms with van der Waals surface area (Å²) in [6.07, 6.45) is 5.50. The van der Waals surface area contributed by atoms with Crippen molar-refractivity contribution in [3.63, 3.8) is 0 Å². The predicted molar refractivity (Wildman–Crippen MR) is 75.9 cm³/mol. The quantitative estimate of drug-likeness (QED) is 0.850. The molecule has 1 heterocycles. The lowest BCUT2D eigenvalue weighted by Gasteiger charge is -2.27. The van der Waals surface area contributed by atoms with Crippen molar-refractivity contribution < 1.29 is 4.79 Å². The molecule has 1 saturated carbocycles. The van der Waals surface area contributed by atoms with Crippen LogP contribution in [0.2, 0.25) is 0 Å². The first-order valence-electron chi connectivity index (χ1n) is 7.41. The molecule has 1 aromatic carbocycles. The molecule has 1 aliphatic heterocycles. The van der Waals surface area contributed by atoms with Crippen LogP contribution in [-0.2, 0) is 11.2 Å². The Morgan fingerprint density at radius 1 is 1.32 bits per heavy atom. The number of carbonyl (C=O) groups excluding carboxylic acids is 1. The molecule has 1 amide bonds. The molecule has 102 valence electrons. The van der Waals surface area contributed by atoms with E-state index in [4.69, 9.17) is 0 Å². The summed E-state index contributed by atoms with van der Waals surface area (Å²) in [5.74, 6) is 1.04. The number of hydrogen-bond acceptors (Lipinski definition) is 2. The summed E-state index contributed by atoms with van der Waals surface area (Å²) in [4.78, 5) is 11.8. The summed E-state index contributed by atoms with van der Waals surface area (Å²) in [5.41, 5.74) is 2.76. The number of amides is 1. The molecule has 0 radical (unpaired) electrons. The summed E-state index contributed by atoms with van der Waals surface area (Å²) in [6, 6.07) is 8.80. The summed E-state index contributed by atoms with van der Waals surface area (Å²) in [7, 11) is 0. The second kappa shape index (κ2) is 5.74. The van der Waals surface area contributed by atoms with Crippen molar-refractivity contribution in [1.82, 2.24) is 10.6 Å². The lowest BCUT2D eigenvalue weighted by molar-refractivity contribution is -0.121. The smallest absolute Gasteiger partial charge is 0.220 e. The van der Waals surface area contributed by atoms with Crippen molar-refractivity contribution in [3.8, 4) is 0 Å². The van der Waals surface area contributed by atoms with Crippen LogP contribution in [0.5, 0.6) is 0 Å². The number of fused-ring (bicyclic) bond motifs is 1. The molecule has 0 spiro atoms. The normalized spacial score (nSPS) is 21.8. The van der Waals surface area contributed by atoms with Crippen LogP contribution in [0.4, 0.5) is 0 Å². The minimum Gasteiger partial charge on any atom is -0.354 e. The van der Waals surface area contributed by atoms with E-state index in [1.54, 1.807) is 0 Å². The lowest BCUT2D eigenvalue weighted by Crippen LogP contribution is -2.38. The first-order valence-corrected chi connectivity index (χ1v) is 7.41. The van der Waals surface area contributed by atoms with Gasteiger partial charge in [0.15, 0.2) is 0 Å². The van der Waals surface area contributed by atoms with Crippen molar-refractivity contribution in [3.05, 3.63) is 35.4 Å². The third kappa shape index (κ3) is 3.35. The topological polar surface area (TPSA) is 41.1 Å². The molecule has 3 heteroatoms. The van der Waals surface area contributed by atoms with Crippen LogP contribution in [0.15, 0.2) is 24.3 Å². The van der Waals surface area contributed by atoms with E-state index in [2.05, 4.69) is 34.9 Å². The minimum absolute atomic E-state index is 0.205. The zero-order valence-electron chi connectivity index (χ0n) is 11.3. The molecule has 0 bridgehead atoms. The van der Waals surface area contributed by atoms with Gasteiger partial charge in [-0.2, -0.15) is 0 Å². The maximum Gasteiger partial charge on any atom is 0.220 e. The van der Waals surface area contributed by atoms with Crippen molar-refractivity contribution in [1.29, 1.82) is 0 Å². The van der Waals surface area contributed by atoms with Gasteiger partial charge in [-0.05, 0) is 36.4 Å². The Labute approximate surface area is 114 Å². The van der Waals surface area contributed by atoms with Crippen molar-refractivity contribution in [2.45, 2.75) is 38.1 Å². The number of carbonyl (C=O) groups is 1. The molecule has 1 fully saturated rings. The highest BCUT2D eigenvalue weighted by molar-refractivity contribution is 5.75. The highest BCUT2D eigenvalue weighted by Gasteiger charge is 2.23. The molecule has 2 aliphatic rings. The third-order valence-electron chi connectivity index (χ3n) is 4.20. The Bertz CT molecular complexity index is 454. The summed E-state index contributed by atoms with van der Waals surface area (Å²) >= 11 is 0. The van der Waals surface area contributed by atoms with Crippen LogP contribution >= 0.6 is 0 Å². The van der Waals surface area contributed by atoms with E-state index in [0.29, 0.717) is 13.0 Å². The fourth-order valence-corrected chi connectivity index (χ4v) is 2.82. The molecule has 3 rings (SSSR count). The van der Waals surface area contributed by atoms with Gasteiger partial charge in [0.2, 0.25) is 5.91 Å². The zero-order valence-corrected chi connectivity index (χ0v) is 11.3. The number of rotatable bonds is 5. The Morgan fingerprint density at radius 3 is 3.00 bits per heavy atom. The average molecular weight is 258 g/mol. The highest BCUT2D eigenvalue weighted by atomic mass is 16.1. The molecule has 1 unspecified atom stereocenters. The van der Waals surface area contributed by atoms with E-state index in [9.17, 15) is 4.79 Å². The molecule has 19 heavy (non-hydrogen) atoms. The Balaban J connectivity index is 1.51. The van der Waals surface area contributed by atoms with Crippen LogP contribution < -0.4 is 10.6 Å². The Morgan fingerprint density at radius 2 is 2.16 bits per heavy atom. The molecule has 1 aliphatic carbocycles. The monoisotopic (exact) mass is 258 g/mol. The second-order valence-corrected chi connectivity index (χ2v) is 5.74. The van der Waals surface area contributed by atoms with Gasteiger partial charge in [-0.15, -0.1) is 0 Å². The Kier molecular flexibility index (Phi) is 3.83. The molecule has 2 N–H and O–H groups in total. The van der Waals surface area contributed by atoms with Gasteiger partial charge in [-0.25, -0.2) is 0 Å². The fourth-order valence-electron chi connectivity index (χ4n) is 2.82. The summed E-state index contributed by atoms with van der Waals surface area (Å²) in [6.45, 7) is 1.71. The van der Waals surface area contributed by atoms with E-state index in [1.165, 1.54) is 24.0 Å². The van der Waals surface area contributed by atoms with Crippen LogP contribution in [0.25, 0.3) is 0 Å². The largest absolute Gasteiger partial charge is 0.354 e.